The number of urea groups is 1. The number of rotatable bonds is 0. The number of nitrogens with zero attached hydrogens (tertiary/aromatic N) is 1. The molecule has 0 saturated carbocycles. The Balaban J connectivity index is 2.46. The normalized spacial score (nSPS) is 20.4. The molecular weight excluding hydrogens is 178 g/mol. The molecule has 1 aliphatic rings. The van der Waals surface area contributed by atoms with E-state index in [0.717, 1.165) is 17.7 Å². The first-order valence-corrected chi connectivity index (χ1v) is 4.61. The summed E-state index contributed by atoms with van der Waals surface area (Å²) in [5.41, 5.74) is 13.0. The number of hydrogen-bond acceptors (Lipinski definition) is 2. The Labute approximate surface area is 82.5 Å². The smallest absolute Gasteiger partial charge is 0.319 e. The number of para-hydroxylation sites is 1. The lowest BCUT2D eigenvalue weighted by molar-refractivity contribution is 0.253. The second-order valence-electron chi connectivity index (χ2n) is 3.44. The van der Waals surface area contributed by atoms with Gasteiger partial charge in [0, 0.05) is 12.6 Å². The van der Waals surface area contributed by atoms with Gasteiger partial charge in [0.1, 0.15) is 0 Å². The standard InChI is InChI=1S/C10H13N3O/c11-8-5-6-13(10(12)14)9-4-2-1-3-7(8)9/h1-4,8H,5-6,11H2,(H2,12,14). The van der Waals surface area contributed by atoms with Crippen LogP contribution in [0.5, 0.6) is 0 Å². The summed E-state index contributed by atoms with van der Waals surface area (Å²) >= 11 is 0. The fourth-order valence-corrected chi connectivity index (χ4v) is 1.82. The van der Waals surface area contributed by atoms with Crippen molar-refractivity contribution in [3.05, 3.63) is 29.8 Å². The van der Waals surface area contributed by atoms with Crippen LogP contribution in [0.15, 0.2) is 24.3 Å². The van der Waals surface area contributed by atoms with Gasteiger partial charge in [-0.25, -0.2) is 4.79 Å². The van der Waals surface area contributed by atoms with Crippen LogP contribution in [0.4, 0.5) is 10.5 Å². The maximum Gasteiger partial charge on any atom is 0.319 e. The van der Waals surface area contributed by atoms with Crippen molar-refractivity contribution < 1.29 is 4.79 Å². The van der Waals surface area contributed by atoms with Gasteiger partial charge >= 0.3 is 6.03 Å². The van der Waals surface area contributed by atoms with E-state index in [1.165, 1.54) is 0 Å². The van der Waals surface area contributed by atoms with Gasteiger partial charge in [0.2, 0.25) is 0 Å². The molecule has 14 heavy (non-hydrogen) atoms. The summed E-state index contributed by atoms with van der Waals surface area (Å²) in [7, 11) is 0. The summed E-state index contributed by atoms with van der Waals surface area (Å²) in [6.07, 6.45) is 0.764. The van der Waals surface area contributed by atoms with Crippen molar-refractivity contribution in [3.63, 3.8) is 0 Å². The zero-order chi connectivity index (χ0) is 10.1. The molecular formula is C10H13N3O. The number of anilines is 1. The second kappa shape index (κ2) is 3.31. The van der Waals surface area contributed by atoms with Crippen LogP contribution in [0.25, 0.3) is 0 Å². The Bertz CT molecular complexity index is 364. The summed E-state index contributed by atoms with van der Waals surface area (Å²) < 4.78 is 0. The molecule has 1 heterocycles. The first kappa shape index (κ1) is 9.02. The minimum atomic E-state index is -0.413. The molecule has 1 atom stereocenters. The van der Waals surface area contributed by atoms with Gasteiger partial charge in [-0.05, 0) is 18.1 Å². The van der Waals surface area contributed by atoms with Gasteiger partial charge in [-0.15, -0.1) is 0 Å². The number of nitrogens with two attached hydrogens (primary N) is 2. The Morgan fingerprint density at radius 1 is 1.43 bits per heavy atom. The Morgan fingerprint density at radius 2 is 2.14 bits per heavy atom. The molecule has 0 fully saturated rings. The summed E-state index contributed by atoms with van der Waals surface area (Å²) in [5.74, 6) is 0. The molecule has 0 aromatic heterocycles. The molecule has 4 heteroatoms. The number of fused-ring (bicyclic) bond motifs is 1. The van der Waals surface area contributed by atoms with Crippen molar-refractivity contribution in [3.8, 4) is 0 Å². The van der Waals surface area contributed by atoms with E-state index < -0.39 is 6.03 Å². The highest BCUT2D eigenvalue weighted by Crippen LogP contribution is 2.31. The van der Waals surface area contributed by atoms with E-state index in [9.17, 15) is 4.79 Å². The van der Waals surface area contributed by atoms with Crippen molar-refractivity contribution in [2.75, 3.05) is 11.4 Å². The third-order valence-corrected chi connectivity index (χ3v) is 2.56. The molecule has 0 bridgehead atoms. The molecule has 2 amide bonds. The van der Waals surface area contributed by atoms with Crippen molar-refractivity contribution in [1.82, 2.24) is 0 Å². The quantitative estimate of drug-likeness (QED) is 0.641. The Morgan fingerprint density at radius 3 is 2.86 bits per heavy atom. The largest absolute Gasteiger partial charge is 0.351 e. The molecule has 0 aliphatic carbocycles. The van der Waals surface area contributed by atoms with Gasteiger partial charge in [0.25, 0.3) is 0 Å². The lowest BCUT2D eigenvalue weighted by Gasteiger charge is -2.31. The van der Waals surface area contributed by atoms with E-state index in [1.807, 2.05) is 24.3 Å². The van der Waals surface area contributed by atoms with Gasteiger partial charge in [-0.3, -0.25) is 4.90 Å². The first-order chi connectivity index (χ1) is 6.70. The average molecular weight is 191 g/mol. The number of amides is 2. The highest BCUT2D eigenvalue weighted by Gasteiger charge is 2.24. The zero-order valence-electron chi connectivity index (χ0n) is 7.81. The fraction of sp³-hybridized carbons (Fsp3) is 0.300. The second-order valence-corrected chi connectivity index (χ2v) is 3.44. The number of primary amides is 1. The average Bonchev–Trinajstić information content (AvgIpc) is 2.18. The SMILES string of the molecule is NC(=O)N1CCC(N)c2ccccc21. The summed E-state index contributed by atoms with van der Waals surface area (Å²) in [5, 5.41) is 0. The van der Waals surface area contributed by atoms with Crippen LogP contribution in [0.2, 0.25) is 0 Å². The van der Waals surface area contributed by atoms with E-state index in [-0.39, 0.29) is 6.04 Å². The molecule has 0 radical (unpaired) electrons. The molecule has 1 aliphatic heterocycles. The van der Waals surface area contributed by atoms with Gasteiger partial charge in [0.05, 0.1) is 5.69 Å². The molecule has 4 N–H and O–H groups in total. The maximum absolute atomic E-state index is 11.1. The van der Waals surface area contributed by atoms with E-state index in [4.69, 9.17) is 11.5 Å². The van der Waals surface area contributed by atoms with Gasteiger partial charge < -0.3 is 11.5 Å². The third-order valence-electron chi connectivity index (χ3n) is 2.56. The van der Waals surface area contributed by atoms with Crippen LogP contribution < -0.4 is 16.4 Å². The van der Waals surface area contributed by atoms with E-state index in [0.29, 0.717) is 6.54 Å². The molecule has 74 valence electrons. The van der Waals surface area contributed by atoms with Crippen LogP contribution in [-0.2, 0) is 0 Å². The van der Waals surface area contributed by atoms with Crippen LogP contribution in [0.1, 0.15) is 18.0 Å². The molecule has 2 rings (SSSR count). The Kier molecular flexibility index (Phi) is 2.13. The van der Waals surface area contributed by atoms with Crippen LogP contribution in [-0.4, -0.2) is 12.6 Å². The lowest BCUT2D eigenvalue weighted by Crippen LogP contribution is -2.41. The number of carbonyl (C=O) groups is 1. The van der Waals surface area contributed by atoms with Gasteiger partial charge in [-0.1, -0.05) is 18.2 Å². The molecule has 1 aromatic carbocycles. The van der Waals surface area contributed by atoms with E-state index in [1.54, 1.807) is 4.90 Å². The number of hydrogen-bond donors (Lipinski definition) is 2. The van der Waals surface area contributed by atoms with E-state index >= 15 is 0 Å². The number of benzene rings is 1. The molecule has 0 spiro atoms. The Hall–Kier alpha value is -1.55. The van der Waals surface area contributed by atoms with Crippen LogP contribution in [0, 0.1) is 0 Å². The van der Waals surface area contributed by atoms with Crippen LogP contribution in [0.3, 0.4) is 0 Å². The monoisotopic (exact) mass is 191 g/mol. The van der Waals surface area contributed by atoms with Crippen molar-refractivity contribution in [1.29, 1.82) is 0 Å². The molecule has 0 saturated heterocycles. The van der Waals surface area contributed by atoms with Gasteiger partial charge in [0.15, 0.2) is 0 Å². The molecule has 1 aromatic rings. The van der Waals surface area contributed by atoms with Gasteiger partial charge in [-0.2, -0.15) is 0 Å². The van der Waals surface area contributed by atoms with Crippen LogP contribution >= 0.6 is 0 Å². The van der Waals surface area contributed by atoms with E-state index in [2.05, 4.69) is 0 Å². The summed E-state index contributed by atoms with van der Waals surface area (Å²) in [6.45, 7) is 0.605. The topological polar surface area (TPSA) is 72.4 Å². The lowest BCUT2D eigenvalue weighted by atomic mass is 9.97. The number of carbonyl (C=O) groups excluding carboxylic acids is 1. The highest BCUT2D eigenvalue weighted by molar-refractivity contribution is 5.92. The van der Waals surface area contributed by atoms with Crippen molar-refractivity contribution >= 4 is 11.7 Å². The van der Waals surface area contributed by atoms with Crippen molar-refractivity contribution in [2.45, 2.75) is 12.5 Å². The first-order valence-electron chi connectivity index (χ1n) is 4.61. The summed E-state index contributed by atoms with van der Waals surface area (Å²) in [4.78, 5) is 12.7. The predicted molar refractivity (Wildman–Crippen MR) is 54.9 cm³/mol. The maximum atomic E-state index is 11.1. The minimum absolute atomic E-state index is 0.0156. The molecule has 4 nitrogen and oxygen atoms in total. The zero-order valence-corrected chi connectivity index (χ0v) is 7.81. The molecule has 1 unspecified atom stereocenters. The highest BCUT2D eigenvalue weighted by atomic mass is 16.2. The summed E-state index contributed by atoms with van der Waals surface area (Å²) in [6, 6.07) is 7.22. The van der Waals surface area contributed by atoms with Crippen molar-refractivity contribution in [2.24, 2.45) is 11.5 Å². The third kappa shape index (κ3) is 1.33. The fourth-order valence-electron chi connectivity index (χ4n) is 1.82. The predicted octanol–water partition coefficient (Wildman–Crippen LogP) is 0.975. The minimum Gasteiger partial charge on any atom is -0.351 e.